The number of carbonyl (C=O) groups excluding carboxylic acids is 3. The smallest absolute Gasteiger partial charge is 0.414 e. The number of cyclic esters (lactones) is 1. The average Bonchev–Trinajstić information content (AvgIpc) is 3.05. The molecule has 2 aromatic carbocycles. The molecule has 180 valence electrons. The molecule has 0 radical (unpaired) electrons. The van der Waals surface area contributed by atoms with Gasteiger partial charge in [0.25, 0.3) is 0 Å². The Kier molecular flexibility index (Phi) is 7.39. The number of carbonyl (C=O) groups is 3. The second kappa shape index (κ2) is 10.6. The van der Waals surface area contributed by atoms with Gasteiger partial charge in [0, 0.05) is 32.1 Å². The second-order valence-electron chi connectivity index (χ2n) is 8.03. The summed E-state index contributed by atoms with van der Waals surface area (Å²) in [6, 6.07) is 13.5. The number of halogens is 1. The second-order valence-corrected chi connectivity index (χ2v) is 8.03. The van der Waals surface area contributed by atoms with Crippen LogP contribution in [0.1, 0.15) is 17.3 Å². The third kappa shape index (κ3) is 5.70. The van der Waals surface area contributed by atoms with Crippen LogP contribution in [0.15, 0.2) is 48.5 Å². The monoisotopic (exact) mass is 471 g/mol. The summed E-state index contributed by atoms with van der Waals surface area (Å²) in [4.78, 5) is 44.5. The van der Waals surface area contributed by atoms with Gasteiger partial charge in [0.05, 0.1) is 31.1 Å². The Balaban J connectivity index is 1.36. The van der Waals surface area contributed by atoms with Gasteiger partial charge in [-0.2, -0.15) is 5.06 Å². The van der Waals surface area contributed by atoms with Crippen molar-refractivity contribution >= 4 is 29.2 Å². The van der Waals surface area contributed by atoms with Crippen LogP contribution in [0.25, 0.3) is 0 Å². The van der Waals surface area contributed by atoms with Crippen molar-refractivity contribution in [3.05, 3.63) is 59.9 Å². The lowest BCUT2D eigenvalue weighted by Gasteiger charge is -2.24. The largest absolute Gasteiger partial charge is 0.462 e. The van der Waals surface area contributed by atoms with Crippen LogP contribution in [0.3, 0.4) is 0 Å². The number of benzene rings is 2. The molecule has 2 heterocycles. The molecule has 0 spiro atoms. The molecule has 34 heavy (non-hydrogen) atoms. The highest BCUT2D eigenvalue weighted by molar-refractivity contribution is 5.97. The van der Waals surface area contributed by atoms with E-state index in [1.807, 2.05) is 23.1 Å². The highest BCUT2D eigenvalue weighted by Crippen LogP contribution is 2.28. The summed E-state index contributed by atoms with van der Waals surface area (Å²) in [6.07, 6.45) is -1.22. The van der Waals surface area contributed by atoms with E-state index in [0.717, 1.165) is 0 Å². The normalized spacial score (nSPS) is 19.0. The SMILES string of the molecule is CC(=O)OC[C@H]1CN(c2ccc(N3CCON(CC(=O)c4ccccc4)CC3)c(F)c2)C(=O)O1. The van der Waals surface area contributed by atoms with Crippen molar-refractivity contribution in [3.8, 4) is 0 Å². The predicted octanol–water partition coefficient (Wildman–Crippen LogP) is 2.65. The molecule has 4 rings (SSSR count). The molecule has 0 N–H and O–H groups in total. The summed E-state index contributed by atoms with van der Waals surface area (Å²) in [5.41, 5.74) is 1.36. The number of ketones is 1. The fourth-order valence-electron chi connectivity index (χ4n) is 3.88. The van der Waals surface area contributed by atoms with Gasteiger partial charge >= 0.3 is 12.1 Å². The van der Waals surface area contributed by atoms with Crippen LogP contribution < -0.4 is 9.80 Å². The van der Waals surface area contributed by atoms with Crippen molar-refractivity contribution in [2.24, 2.45) is 0 Å². The lowest BCUT2D eigenvalue weighted by molar-refractivity contribution is -0.143. The fourth-order valence-corrected chi connectivity index (χ4v) is 3.88. The van der Waals surface area contributed by atoms with Crippen molar-refractivity contribution in [2.45, 2.75) is 13.0 Å². The van der Waals surface area contributed by atoms with Crippen LogP contribution in [-0.2, 0) is 19.1 Å². The molecule has 1 amide bonds. The molecule has 2 aliphatic rings. The van der Waals surface area contributed by atoms with E-state index in [2.05, 4.69) is 0 Å². The minimum absolute atomic E-state index is 0.0464. The topological polar surface area (TPSA) is 88.6 Å². The molecule has 9 nitrogen and oxygen atoms in total. The standard InChI is InChI=1S/C24H26FN3O6/c1-17(29)32-16-20-14-28(24(31)34-20)19-7-8-22(21(25)13-19)26-9-10-27(33-12-11-26)15-23(30)18-5-3-2-4-6-18/h2-8,13,20H,9-12,14-16H2,1H3/t20-/m1/s1. The van der Waals surface area contributed by atoms with Crippen LogP contribution in [0.4, 0.5) is 20.6 Å². The summed E-state index contributed by atoms with van der Waals surface area (Å²) < 4.78 is 25.1. The van der Waals surface area contributed by atoms with Crippen molar-refractivity contribution in [1.29, 1.82) is 0 Å². The zero-order valence-electron chi connectivity index (χ0n) is 18.8. The number of anilines is 2. The zero-order valence-corrected chi connectivity index (χ0v) is 18.8. The van der Waals surface area contributed by atoms with Gasteiger partial charge in [-0.1, -0.05) is 30.3 Å². The Morgan fingerprint density at radius 1 is 1.12 bits per heavy atom. The first-order valence-electron chi connectivity index (χ1n) is 11.0. The Bertz CT molecular complexity index is 1050. The molecule has 0 saturated carbocycles. The predicted molar refractivity (Wildman–Crippen MR) is 121 cm³/mol. The molecule has 1 atom stereocenters. The lowest BCUT2D eigenvalue weighted by atomic mass is 10.1. The minimum Gasteiger partial charge on any atom is -0.462 e. The van der Waals surface area contributed by atoms with Crippen molar-refractivity contribution < 1.29 is 33.1 Å². The highest BCUT2D eigenvalue weighted by Gasteiger charge is 2.33. The maximum absolute atomic E-state index is 15.0. The van der Waals surface area contributed by atoms with Crippen LogP contribution in [0.5, 0.6) is 0 Å². The first-order valence-corrected chi connectivity index (χ1v) is 11.0. The maximum atomic E-state index is 15.0. The first kappa shape index (κ1) is 23.7. The Morgan fingerprint density at radius 2 is 1.91 bits per heavy atom. The fraction of sp³-hybridized carbons (Fsp3) is 0.375. The molecular weight excluding hydrogens is 445 g/mol. The number of nitrogens with zero attached hydrogens (tertiary/aromatic N) is 3. The van der Waals surface area contributed by atoms with Crippen LogP contribution in [0.2, 0.25) is 0 Å². The number of rotatable bonds is 7. The number of hydrogen-bond donors (Lipinski definition) is 0. The van der Waals surface area contributed by atoms with Crippen molar-refractivity contribution in [2.75, 3.05) is 55.7 Å². The van der Waals surface area contributed by atoms with E-state index in [0.29, 0.717) is 43.2 Å². The molecule has 2 fully saturated rings. The summed E-state index contributed by atoms with van der Waals surface area (Å²) in [6.45, 7) is 3.15. The summed E-state index contributed by atoms with van der Waals surface area (Å²) in [5, 5.41) is 1.60. The molecule has 0 bridgehead atoms. The van der Waals surface area contributed by atoms with Gasteiger partial charge < -0.3 is 14.4 Å². The van der Waals surface area contributed by atoms with Gasteiger partial charge in [-0.15, -0.1) is 0 Å². The van der Waals surface area contributed by atoms with Crippen LogP contribution >= 0.6 is 0 Å². The molecule has 2 aromatic rings. The Labute approximate surface area is 196 Å². The minimum atomic E-state index is -0.619. The number of hydroxylamine groups is 2. The third-order valence-electron chi connectivity index (χ3n) is 5.60. The lowest BCUT2D eigenvalue weighted by Crippen LogP contribution is -2.33. The van der Waals surface area contributed by atoms with Gasteiger partial charge in [-0.3, -0.25) is 19.3 Å². The summed E-state index contributed by atoms with van der Waals surface area (Å²) in [5.74, 6) is -0.994. The molecule has 0 aliphatic carbocycles. The molecule has 2 aliphatic heterocycles. The molecule has 0 unspecified atom stereocenters. The first-order chi connectivity index (χ1) is 16.4. The van der Waals surface area contributed by atoms with Gasteiger partial charge in [-0.25, -0.2) is 9.18 Å². The van der Waals surface area contributed by atoms with Gasteiger partial charge in [0.1, 0.15) is 12.4 Å². The van der Waals surface area contributed by atoms with E-state index >= 15 is 4.39 Å². The van der Waals surface area contributed by atoms with Crippen LogP contribution in [-0.4, -0.2) is 75.0 Å². The van der Waals surface area contributed by atoms with Gasteiger partial charge in [0.2, 0.25) is 0 Å². The number of esters is 1. The Morgan fingerprint density at radius 3 is 2.65 bits per heavy atom. The number of Topliss-reactive ketones (excluding diaryl/α,β-unsaturated/α-hetero) is 1. The van der Waals surface area contributed by atoms with E-state index in [1.54, 1.807) is 29.3 Å². The molecule has 0 aromatic heterocycles. The maximum Gasteiger partial charge on any atom is 0.414 e. The highest BCUT2D eigenvalue weighted by atomic mass is 19.1. The quantitative estimate of drug-likeness (QED) is 0.450. The molecule has 2 saturated heterocycles. The van der Waals surface area contributed by atoms with Crippen molar-refractivity contribution in [1.82, 2.24) is 5.06 Å². The molecule has 10 heteroatoms. The van der Waals surface area contributed by atoms with E-state index in [9.17, 15) is 14.4 Å². The van der Waals surface area contributed by atoms with Gasteiger partial charge in [0.15, 0.2) is 11.9 Å². The van der Waals surface area contributed by atoms with E-state index < -0.39 is 24.0 Å². The van der Waals surface area contributed by atoms with Gasteiger partial charge in [-0.05, 0) is 18.2 Å². The molecular formula is C24H26FN3O6. The van der Waals surface area contributed by atoms with Crippen molar-refractivity contribution in [3.63, 3.8) is 0 Å². The number of ether oxygens (including phenoxy) is 2. The van der Waals surface area contributed by atoms with E-state index in [4.69, 9.17) is 14.3 Å². The number of hydrogen-bond acceptors (Lipinski definition) is 8. The summed E-state index contributed by atoms with van der Waals surface area (Å²) in [7, 11) is 0. The van der Waals surface area contributed by atoms with Crippen LogP contribution in [0, 0.1) is 5.82 Å². The average molecular weight is 471 g/mol. The Hall–Kier alpha value is -3.50. The van der Waals surface area contributed by atoms with E-state index in [1.165, 1.54) is 17.9 Å². The number of amides is 1. The zero-order chi connectivity index (χ0) is 24.1. The third-order valence-corrected chi connectivity index (χ3v) is 5.60. The van der Waals surface area contributed by atoms with E-state index in [-0.39, 0.29) is 25.5 Å². The summed E-state index contributed by atoms with van der Waals surface area (Å²) >= 11 is 0.